The molecule has 1 heterocycles. The van der Waals surface area contributed by atoms with Crippen molar-refractivity contribution < 1.29 is 19.1 Å². The zero-order valence-corrected chi connectivity index (χ0v) is 17.6. The molecule has 2 atom stereocenters. The molecule has 1 N–H and O–H groups in total. The van der Waals surface area contributed by atoms with Crippen molar-refractivity contribution in [2.45, 2.75) is 12.3 Å². The van der Waals surface area contributed by atoms with Crippen molar-refractivity contribution in [2.24, 2.45) is 5.92 Å². The third-order valence-corrected chi connectivity index (χ3v) is 5.96. The van der Waals surface area contributed by atoms with E-state index in [0.29, 0.717) is 27.7 Å². The summed E-state index contributed by atoms with van der Waals surface area (Å²) in [5.41, 5.74) is 2.21. The number of benzene rings is 2. The summed E-state index contributed by atoms with van der Waals surface area (Å²) >= 11 is 1.40. The summed E-state index contributed by atoms with van der Waals surface area (Å²) in [4.78, 5) is 25.2. The molecule has 7 heteroatoms. The molecule has 0 bridgehead atoms. The highest BCUT2D eigenvalue weighted by molar-refractivity contribution is 8.03. The first-order chi connectivity index (χ1) is 14.6. The molecule has 0 aromatic heterocycles. The van der Waals surface area contributed by atoms with Crippen molar-refractivity contribution in [3.63, 3.8) is 0 Å². The molecule has 154 valence electrons. The summed E-state index contributed by atoms with van der Waals surface area (Å²) in [6, 6.07) is 19.2. The number of thioether (sulfide) groups is 1. The predicted octanol–water partition coefficient (Wildman–Crippen LogP) is 3.41. The third-order valence-electron chi connectivity index (χ3n) is 4.94. The van der Waals surface area contributed by atoms with Gasteiger partial charge in [-0.2, -0.15) is 5.26 Å². The van der Waals surface area contributed by atoms with Crippen molar-refractivity contribution in [1.29, 1.82) is 5.26 Å². The van der Waals surface area contributed by atoms with Gasteiger partial charge in [-0.1, -0.05) is 42.5 Å². The minimum atomic E-state index is -1.13. The number of ether oxygens (including phenoxy) is 2. The van der Waals surface area contributed by atoms with Crippen LogP contribution in [0.15, 0.2) is 65.2 Å². The monoisotopic (exact) mass is 422 g/mol. The van der Waals surface area contributed by atoms with Crippen molar-refractivity contribution in [3.8, 4) is 11.8 Å². The number of allylic oxidation sites excluding steroid dienone is 1. The molecule has 0 aliphatic carbocycles. The number of nitrogens with one attached hydrogen (secondary N) is 1. The largest absolute Gasteiger partial charge is 0.497 e. The number of amides is 1. The van der Waals surface area contributed by atoms with Crippen LogP contribution < -0.4 is 10.1 Å². The number of methoxy groups -OCH3 is 2. The van der Waals surface area contributed by atoms with Crippen LogP contribution in [0.25, 0.3) is 0 Å². The maximum atomic E-state index is 12.8. The summed E-state index contributed by atoms with van der Waals surface area (Å²) in [5.74, 6) is -1.66. The van der Waals surface area contributed by atoms with E-state index in [1.54, 1.807) is 31.4 Å². The maximum absolute atomic E-state index is 12.8. The Morgan fingerprint density at radius 2 is 1.83 bits per heavy atom. The van der Waals surface area contributed by atoms with Crippen molar-refractivity contribution in [2.75, 3.05) is 20.0 Å². The standard InChI is InChI=1S/C23H22N2O4S/c1-28-17-10-8-16(9-11-17)19-18(14-24)22(25-21(26)20(19)23(27)29-2)30-13-12-15-6-4-3-5-7-15/h3-11,19-20H,12-13H2,1-2H3,(H,25,26)/t19-,20-/m1/s1. The molecule has 0 spiro atoms. The molecular formula is C23H22N2O4S. The van der Waals surface area contributed by atoms with Crippen LogP contribution >= 0.6 is 11.8 Å². The van der Waals surface area contributed by atoms with Gasteiger partial charge in [0.05, 0.1) is 30.9 Å². The van der Waals surface area contributed by atoms with Gasteiger partial charge >= 0.3 is 5.97 Å². The molecule has 1 aliphatic rings. The minimum Gasteiger partial charge on any atom is -0.497 e. The molecule has 1 amide bonds. The molecule has 3 rings (SSSR count). The van der Waals surface area contributed by atoms with Crippen molar-refractivity contribution in [1.82, 2.24) is 5.32 Å². The van der Waals surface area contributed by atoms with E-state index in [-0.39, 0.29) is 0 Å². The SMILES string of the molecule is COC(=O)[C@H]1C(=O)NC(SCCc2ccccc2)=C(C#N)[C@H]1c1ccc(OC)cc1. The Hall–Kier alpha value is -3.24. The fourth-order valence-electron chi connectivity index (χ4n) is 3.41. The van der Waals surface area contributed by atoms with Gasteiger partial charge in [-0.15, -0.1) is 11.8 Å². The Balaban J connectivity index is 1.93. The predicted molar refractivity (Wildman–Crippen MR) is 115 cm³/mol. The van der Waals surface area contributed by atoms with E-state index >= 15 is 0 Å². The van der Waals surface area contributed by atoms with Crippen LogP contribution in [0.5, 0.6) is 5.75 Å². The minimum absolute atomic E-state index is 0.355. The van der Waals surface area contributed by atoms with Gasteiger partial charge in [-0.25, -0.2) is 0 Å². The molecule has 0 saturated carbocycles. The highest BCUT2D eigenvalue weighted by atomic mass is 32.2. The van der Waals surface area contributed by atoms with E-state index in [0.717, 1.165) is 6.42 Å². The average molecular weight is 423 g/mol. The molecule has 0 saturated heterocycles. The van der Waals surface area contributed by atoms with Gasteiger partial charge in [0.1, 0.15) is 11.7 Å². The Morgan fingerprint density at radius 3 is 2.43 bits per heavy atom. The molecule has 1 aliphatic heterocycles. The number of hydrogen-bond donors (Lipinski definition) is 1. The van der Waals surface area contributed by atoms with Crippen LogP contribution in [0.2, 0.25) is 0 Å². The second kappa shape index (κ2) is 9.99. The first-order valence-electron chi connectivity index (χ1n) is 9.42. The van der Waals surface area contributed by atoms with Crippen LogP contribution in [-0.2, 0) is 20.7 Å². The Kier molecular flexibility index (Phi) is 7.15. The summed E-state index contributed by atoms with van der Waals surface area (Å²) in [6.07, 6.45) is 0.789. The van der Waals surface area contributed by atoms with Gasteiger partial charge in [0, 0.05) is 11.7 Å². The summed E-state index contributed by atoms with van der Waals surface area (Å²) in [5, 5.41) is 13.2. The van der Waals surface area contributed by atoms with Crippen LogP contribution in [0, 0.1) is 17.2 Å². The van der Waals surface area contributed by atoms with E-state index in [2.05, 4.69) is 11.4 Å². The van der Waals surface area contributed by atoms with Gasteiger partial charge in [-0.05, 0) is 29.7 Å². The number of esters is 1. The second-order valence-corrected chi connectivity index (χ2v) is 7.78. The summed E-state index contributed by atoms with van der Waals surface area (Å²) < 4.78 is 10.1. The molecule has 6 nitrogen and oxygen atoms in total. The zero-order chi connectivity index (χ0) is 21.5. The van der Waals surface area contributed by atoms with Crippen LogP contribution in [0.1, 0.15) is 17.0 Å². The summed E-state index contributed by atoms with van der Waals surface area (Å²) in [7, 11) is 2.79. The fraction of sp³-hybridized carbons (Fsp3) is 0.261. The van der Waals surface area contributed by atoms with Crippen LogP contribution in [0.4, 0.5) is 0 Å². The number of aryl methyl sites for hydroxylation is 1. The maximum Gasteiger partial charge on any atom is 0.319 e. The molecule has 2 aromatic rings. The average Bonchev–Trinajstić information content (AvgIpc) is 2.79. The highest BCUT2D eigenvalue weighted by Gasteiger charge is 2.44. The second-order valence-electron chi connectivity index (χ2n) is 6.68. The molecule has 0 fully saturated rings. The van der Waals surface area contributed by atoms with Crippen molar-refractivity contribution in [3.05, 3.63) is 76.3 Å². The Bertz CT molecular complexity index is 981. The highest BCUT2D eigenvalue weighted by Crippen LogP contribution is 2.40. The summed E-state index contributed by atoms with van der Waals surface area (Å²) in [6.45, 7) is 0. The molecule has 0 radical (unpaired) electrons. The molecular weight excluding hydrogens is 400 g/mol. The lowest BCUT2D eigenvalue weighted by molar-refractivity contribution is -0.150. The molecule has 0 unspecified atom stereocenters. The Labute approximate surface area is 179 Å². The van der Waals surface area contributed by atoms with E-state index in [9.17, 15) is 14.9 Å². The van der Waals surface area contributed by atoms with Gasteiger partial charge in [0.25, 0.3) is 0 Å². The van der Waals surface area contributed by atoms with Crippen LogP contribution in [0.3, 0.4) is 0 Å². The van der Waals surface area contributed by atoms with E-state index in [1.165, 1.54) is 24.4 Å². The molecule has 2 aromatic carbocycles. The van der Waals surface area contributed by atoms with E-state index < -0.39 is 23.7 Å². The number of hydrogen-bond acceptors (Lipinski definition) is 6. The number of rotatable bonds is 7. The number of carbonyl (C=O) groups excluding carboxylic acids is 2. The first-order valence-corrected chi connectivity index (χ1v) is 10.4. The van der Waals surface area contributed by atoms with Crippen LogP contribution in [-0.4, -0.2) is 31.8 Å². The van der Waals surface area contributed by atoms with Gasteiger partial charge in [-0.3, -0.25) is 9.59 Å². The quantitative estimate of drug-likeness (QED) is 0.543. The lowest BCUT2D eigenvalue weighted by Gasteiger charge is -2.31. The van der Waals surface area contributed by atoms with Gasteiger partial charge < -0.3 is 14.8 Å². The van der Waals surface area contributed by atoms with E-state index in [1.807, 2.05) is 30.3 Å². The smallest absolute Gasteiger partial charge is 0.319 e. The Morgan fingerprint density at radius 1 is 1.13 bits per heavy atom. The van der Waals surface area contributed by atoms with E-state index in [4.69, 9.17) is 9.47 Å². The zero-order valence-electron chi connectivity index (χ0n) is 16.8. The topological polar surface area (TPSA) is 88.4 Å². The lowest BCUT2D eigenvalue weighted by Crippen LogP contribution is -2.44. The third kappa shape index (κ3) is 4.66. The number of nitrogens with zero attached hydrogens (tertiary/aromatic N) is 1. The normalized spacial score (nSPS) is 18.4. The molecule has 30 heavy (non-hydrogen) atoms. The first kappa shape index (κ1) is 21.5. The van der Waals surface area contributed by atoms with Gasteiger partial charge in [0.15, 0.2) is 0 Å². The van der Waals surface area contributed by atoms with Gasteiger partial charge in [0.2, 0.25) is 5.91 Å². The number of nitriles is 1. The number of carbonyl (C=O) groups is 2. The fourth-order valence-corrected chi connectivity index (χ4v) is 4.45. The lowest BCUT2D eigenvalue weighted by atomic mass is 9.78. The van der Waals surface area contributed by atoms with Crippen molar-refractivity contribution >= 4 is 23.6 Å².